The molecule has 3 saturated carbocycles. The standard InChI is InChI=1S/C20H33F3/c1-2-3-14-4-6-15(7-5-14)16-8-9-18-13-19(20(21,22)23)11-10-17(18)12-16/h14-19H,2-13H2,1H3. The minimum Gasteiger partial charge on any atom is -0.171 e. The Hall–Kier alpha value is -0.210. The number of halogens is 3. The quantitative estimate of drug-likeness (QED) is 0.523. The van der Waals surface area contributed by atoms with Gasteiger partial charge >= 0.3 is 6.18 Å². The van der Waals surface area contributed by atoms with Crippen LogP contribution in [-0.2, 0) is 0 Å². The molecule has 4 unspecified atom stereocenters. The van der Waals surface area contributed by atoms with Crippen molar-refractivity contribution in [3.8, 4) is 0 Å². The van der Waals surface area contributed by atoms with Gasteiger partial charge in [0.25, 0.3) is 0 Å². The van der Waals surface area contributed by atoms with Gasteiger partial charge in [-0.15, -0.1) is 0 Å². The SMILES string of the molecule is CCCC1CCC(C2CCC3CC(C(F)(F)F)CCC3C2)CC1. The Kier molecular flexibility index (Phi) is 5.63. The third-order valence-corrected chi connectivity index (χ3v) is 7.37. The molecule has 23 heavy (non-hydrogen) atoms. The topological polar surface area (TPSA) is 0 Å². The molecule has 0 bridgehead atoms. The molecule has 3 rings (SSSR count). The van der Waals surface area contributed by atoms with Gasteiger partial charge in [0.2, 0.25) is 0 Å². The second-order valence-corrected chi connectivity index (χ2v) is 8.71. The van der Waals surface area contributed by atoms with Gasteiger partial charge in [-0.3, -0.25) is 0 Å². The van der Waals surface area contributed by atoms with Crippen molar-refractivity contribution in [3.63, 3.8) is 0 Å². The van der Waals surface area contributed by atoms with E-state index in [9.17, 15) is 13.2 Å². The summed E-state index contributed by atoms with van der Waals surface area (Å²) in [4.78, 5) is 0. The summed E-state index contributed by atoms with van der Waals surface area (Å²) in [7, 11) is 0. The summed E-state index contributed by atoms with van der Waals surface area (Å²) in [5, 5.41) is 0. The van der Waals surface area contributed by atoms with Crippen molar-refractivity contribution < 1.29 is 13.2 Å². The largest absolute Gasteiger partial charge is 0.391 e. The highest BCUT2D eigenvalue weighted by atomic mass is 19.4. The van der Waals surface area contributed by atoms with Gasteiger partial charge in [0.05, 0.1) is 5.92 Å². The van der Waals surface area contributed by atoms with Gasteiger partial charge in [-0.2, -0.15) is 13.2 Å². The maximum Gasteiger partial charge on any atom is 0.391 e. The predicted octanol–water partition coefficient (Wildman–Crippen LogP) is 6.99. The second-order valence-electron chi connectivity index (χ2n) is 8.71. The van der Waals surface area contributed by atoms with E-state index in [4.69, 9.17) is 0 Å². The van der Waals surface area contributed by atoms with Gasteiger partial charge in [0, 0.05) is 0 Å². The lowest BCUT2D eigenvalue weighted by Gasteiger charge is -2.45. The summed E-state index contributed by atoms with van der Waals surface area (Å²) < 4.78 is 38.9. The maximum absolute atomic E-state index is 13.0. The van der Waals surface area contributed by atoms with Crippen LogP contribution in [0.15, 0.2) is 0 Å². The van der Waals surface area contributed by atoms with Crippen molar-refractivity contribution in [1.29, 1.82) is 0 Å². The lowest BCUT2D eigenvalue weighted by Crippen LogP contribution is -2.38. The first-order chi connectivity index (χ1) is 11.0. The van der Waals surface area contributed by atoms with Gasteiger partial charge in [0.1, 0.15) is 0 Å². The third-order valence-electron chi connectivity index (χ3n) is 7.37. The van der Waals surface area contributed by atoms with Crippen LogP contribution in [0.4, 0.5) is 13.2 Å². The molecule has 3 aliphatic carbocycles. The highest BCUT2D eigenvalue weighted by molar-refractivity contribution is 4.90. The average molecular weight is 330 g/mol. The van der Waals surface area contributed by atoms with E-state index in [0.717, 1.165) is 30.6 Å². The first-order valence-corrected chi connectivity index (χ1v) is 10.0. The van der Waals surface area contributed by atoms with E-state index >= 15 is 0 Å². The molecule has 0 heterocycles. The third kappa shape index (κ3) is 4.25. The van der Waals surface area contributed by atoms with Crippen LogP contribution in [0.25, 0.3) is 0 Å². The van der Waals surface area contributed by atoms with Gasteiger partial charge in [0.15, 0.2) is 0 Å². The van der Waals surface area contributed by atoms with Crippen LogP contribution in [0.5, 0.6) is 0 Å². The zero-order valence-electron chi connectivity index (χ0n) is 14.6. The molecule has 0 nitrogen and oxygen atoms in total. The Balaban J connectivity index is 1.48. The summed E-state index contributed by atoms with van der Waals surface area (Å²) in [5.41, 5.74) is 0. The molecule has 3 aliphatic rings. The normalized spacial score (nSPS) is 42.3. The van der Waals surface area contributed by atoms with Gasteiger partial charge < -0.3 is 0 Å². The Bertz CT molecular complexity index is 368. The van der Waals surface area contributed by atoms with Gasteiger partial charge in [-0.25, -0.2) is 0 Å². The van der Waals surface area contributed by atoms with Crippen molar-refractivity contribution >= 4 is 0 Å². The van der Waals surface area contributed by atoms with E-state index in [1.54, 1.807) is 0 Å². The number of hydrogen-bond acceptors (Lipinski definition) is 0. The average Bonchev–Trinajstić information content (AvgIpc) is 2.54. The lowest BCUT2D eigenvalue weighted by atomic mass is 9.61. The number of alkyl halides is 3. The zero-order valence-corrected chi connectivity index (χ0v) is 14.6. The van der Waals surface area contributed by atoms with Crippen molar-refractivity contribution in [2.75, 3.05) is 0 Å². The highest BCUT2D eigenvalue weighted by Crippen LogP contribution is 2.51. The van der Waals surface area contributed by atoms with Gasteiger partial charge in [-0.05, 0) is 81.0 Å². The molecule has 3 heteroatoms. The van der Waals surface area contributed by atoms with E-state index in [-0.39, 0.29) is 0 Å². The lowest BCUT2D eigenvalue weighted by molar-refractivity contribution is -0.191. The molecule has 0 aliphatic heterocycles. The van der Waals surface area contributed by atoms with Crippen LogP contribution >= 0.6 is 0 Å². The predicted molar refractivity (Wildman–Crippen MR) is 88.1 cm³/mol. The number of rotatable bonds is 3. The molecule has 0 aromatic heterocycles. The van der Waals surface area contributed by atoms with Gasteiger partial charge in [-0.1, -0.05) is 32.6 Å². The van der Waals surface area contributed by atoms with Crippen LogP contribution in [0.2, 0.25) is 0 Å². The van der Waals surface area contributed by atoms with E-state index in [1.807, 2.05) is 0 Å². The highest BCUT2D eigenvalue weighted by Gasteiger charge is 2.46. The Morgan fingerprint density at radius 3 is 1.83 bits per heavy atom. The van der Waals surface area contributed by atoms with Crippen molar-refractivity contribution in [3.05, 3.63) is 0 Å². The molecular weight excluding hydrogens is 297 g/mol. The molecule has 4 atom stereocenters. The summed E-state index contributed by atoms with van der Waals surface area (Å²) >= 11 is 0. The van der Waals surface area contributed by atoms with Crippen LogP contribution in [0, 0.1) is 35.5 Å². The molecule has 0 aromatic rings. The van der Waals surface area contributed by atoms with E-state index in [1.165, 1.54) is 51.4 Å². The maximum atomic E-state index is 13.0. The minimum atomic E-state index is -3.96. The van der Waals surface area contributed by atoms with Crippen LogP contribution in [-0.4, -0.2) is 6.18 Å². The smallest absolute Gasteiger partial charge is 0.171 e. The zero-order chi connectivity index (χ0) is 16.4. The summed E-state index contributed by atoms with van der Waals surface area (Å²) in [6.45, 7) is 2.28. The fraction of sp³-hybridized carbons (Fsp3) is 1.00. The molecule has 0 N–H and O–H groups in total. The van der Waals surface area contributed by atoms with E-state index < -0.39 is 12.1 Å². The summed E-state index contributed by atoms with van der Waals surface area (Å²) in [5.74, 6) is 2.61. The summed E-state index contributed by atoms with van der Waals surface area (Å²) in [6, 6.07) is 0. The minimum absolute atomic E-state index is 0.364. The Morgan fingerprint density at radius 1 is 0.696 bits per heavy atom. The van der Waals surface area contributed by atoms with Crippen molar-refractivity contribution in [2.45, 2.75) is 90.1 Å². The summed E-state index contributed by atoms with van der Waals surface area (Å²) in [6.07, 6.45) is 9.46. The van der Waals surface area contributed by atoms with Crippen LogP contribution in [0.3, 0.4) is 0 Å². The fourth-order valence-corrected chi connectivity index (χ4v) is 6.01. The Morgan fingerprint density at radius 2 is 1.22 bits per heavy atom. The molecule has 3 fully saturated rings. The first-order valence-electron chi connectivity index (χ1n) is 10.0. The van der Waals surface area contributed by atoms with E-state index in [2.05, 4.69) is 6.92 Å². The fourth-order valence-electron chi connectivity index (χ4n) is 6.01. The number of fused-ring (bicyclic) bond motifs is 1. The number of hydrogen-bond donors (Lipinski definition) is 0. The second kappa shape index (κ2) is 7.35. The molecule has 0 spiro atoms. The molecule has 134 valence electrons. The molecule has 0 aromatic carbocycles. The van der Waals surface area contributed by atoms with Crippen LogP contribution < -0.4 is 0 Å². The molecular formula is C20H33F3. The molecule has 0 saturated heterocycles. The molecule has 0 radical (unpaired) electrons. The first kappa shape index (κ1) is 17.6. The Labute approximate surface area is 139 Å². The monoisotopic (exact) mass is 330 g/mol. The van der Waals surface area contributed by atoms with Crippen molar-refractivity contribution in [1.82, 2.24) is 0 Å². The van der Waals surface area contributed by atoms with Crippen LogP contribution in [0.1, 0.15) is 84.0 Å². The molecule has 0 amide bonds. The van der Waals surface area contributed by atoms with Crippen molar-refractivity contribution in [2.24, 2.45) is 35.5 Å². The van der Waals surface area contributed by atoms with E-state index in [0.29, 0.717) is 24.7 Å².